The quantitative estimate of drug-likeness (QED) is 0.381. The Balaban J connectivity index is 2.69. The SMILES string of the molecule is COc1ccc(Cl)cc1NC(=O)/C(C#N)=C\NCCCC(=O)O. The lowest BCUT2D eigenvalue weighted by Crippen LogP contribution is -2.18. The van der Waals surface area contributed by atoms with E-state index in [9.17, 15) is 9.59 Å². The molecular weight excluding hydrogens is 322 g/mol. The molecule has 1 amide bonds. The van der Waals surface area contributed by atoms with Crippen molar-refractivity contribution in [1.29, 1.82) is 5.26 Å². The lowest BCUT2D eigenvalue weighted by Gasteiger charge is -2.10. The molecule has 0 saturated carbocycles. The Labute approximate surface area is 138 Å². The van der Waals surface area contributed by atoms with Crippen molar-refractivity contribution in [2.45, 2.75) is 12.8 Å². The predicted octanol–water partition coefficient (Wildman–Crippen LogP) is 2.15. The molecule has 122 valence electrons. The number of ether oxygens (including phenoxy) is 1. The van der Waals surface area contributed by atoms with Crippen molar-refractivity contribution in [3.05, 3.63) is 35.0 Å². The molecule has 0 aliphatic heterocycles. The van der Waals surface area contributed by atoms with Gasteiger partial charge in [0.25, 0.3) is 5.91 Å². The van der Waals surface area contributed by atoms with Crippen LogP contribution < -0.4 is 15.4 Å². The van der Waals surface area contributed by atoms with E-state index in [1.165, 1.54) is 19.4 Å². The van der Waals surface area contributed by atoms with Gasteiger partial charge in [-0.1, -0.05) is 11.6 Å². The molecule has 8 heteroatoms. The zero-order valence-electron chi connectivity index (χ0n) is 12.4. The number of methoxy groups -OCH3 is 1. The van der Waals surface area contributed by atoms with E-state index >= 15 is 0 Å². The van der Waals surface area contributed by atoms with Crippen LogP contribution in [0, 0.1) is 11.3 Å². The van der Waals surface area contributed by atoms with Gasteiger partial charge in [-0.05, 0) is 24.6 Å². The van der Waals surface area contributed by atoms with Crippen molar-refractivity contribution in [2.24, 2.45) is 0 Å². The van der Waals surface area contributed by atoms with Crippen LogP contribution >= 0.6 is 11.6 Å². The maximum atomic E-state index is 12.1. The molecule has 1 rings (SSSR count). The number of nitrogens with one attached hydrogen (secondary N) is 2. The Morgan fingerprint density at radius 3 is 2.83 bits per heavy atom. The third kappa shape index (κ3) is 6.28. The normalized spacial score (nSPS) is 10.6. The highest BCUT2D eigenvalue weighted by Gasteiger charge is 2.12. The molecule has 0 saturated heterocycles. The first-order valence-electron chi connectivity index (χ1n) is 6.68. The Bertz CT molecular complexity index is 653. The van der Waals surface area contributed by atoms with Crippen molar-refractivity contribution in [1.82, 2.24) is 5.32 Å². The van der Waals surface area contributed by atoms with Crippen LogP contribution in [0.1, 0.15) is 12.8 Å². The zero-order chi connectivity index (χ0) is 17.2. The fourth-order valence-corrected chi connectivity index (χ4v) is 1.80. The van der Waals surface area contributed by atoms with Crippen molar-refractivity contribution in [2.75, 3.05) is 19.0 Å². The number of carbonyl (C=O) groups is 2. The van der Waals surface area contributed by atoms with Crippen LogP contribution in [-0.4, -0.2) is 30.6 Å². The molecule has 0 aromatic heterocycles. The van der Waals surface area contributed by atoms with E-state index in [1.54, 1.807) is 18.2 Å². The van der Waals surface area contributed by atoms with Crippen molar-refractivity contribution >= 4 is 29.2 Å². The van der Waals surface area contributed by atoms with Crippen LogP contribution in [0.15, 0.2) is 30.0 Å². The number of amides is 1. The largest absolute Gasteiger partial charge is 0.495 e. The average Bonchev–Trinajstić information content (AvgIpc) is 2.50. The summed E-state index contributed by atoms with van der Waals surface area (Å²) in [5, 5.41) is 23.2. The minimum absolute atomic E-state index is 0.00857. The number of carbonyl (C=O) groups excluding carboxylic acids is 1. The van der Waals surface area contributed by atoms with Crippen molar-refractivity contribution in [3.8, 4) is 11.8 Å². The van der Waals surface area contributed by atoms with Crippen LogP contribution in [0.2, 0.25) is 5.02 Å². The molecule has 0 atom stereocenters. The lowest BCUT2D eigenvalue weighted by atomic mass is 10.2. The molecule has 7 nitrogen and oxygen atoms in total. The predicted molar refractivity (Wildman–Crippen MR) is 85.2 cm³/mol. The molecule has 0 fully saturated rings. The summed E-state index contributed by atoms with van der Waals surface area (Å²) in [4.78, 5) is 22.4. The van der Waals surface area contributed by atoms with Crippen LogP contribution in [0.5, 0.6) is 5.75 Å². The number of anilines is 1. The van der Waals surface area contributed by atoms with Gasteiger partial charge in [-0.15, -0.1) is 0 Å². The summed E-state index contributed by atoms with van der Waals surface area (Å²) in [6.07, 6.45) is 1.64. The second-order valence-corrected chi connectivity index (χ2v) is 4.86. The monoisotopic (exact) mass is 337 g/mol. The number of benzene rings is 1. The van der Waals surface area contributed by atoms with Crippen LogP contribution in [0.3, 0.4) is 0 Å². The van der Waals surface area contributed by atoms with Gasteiger partial charge in [0.15, 0.2) is 0 Å². The fourth-order valence-electron chi connectivity index (χ4n) is 1.63. The molecule has 0 aliphatic rings. The smallest absolute Gasteiger partial charge is 0.303 e. The van der Waals surface area contributed by atoms with E-state index in [1.807, 2.05) is 0 Å². The number of carboxylic acid groups (broad SMARTS) is 1. The fraction of sp³-hybridized carbons (Fsp3) is 0.267. The van der Waals surface area contributed by atoms with E-state index in [0.717, 1.165) is 0 Å². The molecule has 0 radical (unpaired) electrons. The lowest BCUT2D eigenvalue weighted by molar-refractivity contribution is -0.137. The zero-order valence-corrected chi connectivity index (χ0v) is 13.2. The Hall–Kier alpha value is -2.72. The second-order valence-electron chi connectivity index (χ2n) is 4.42. The molecule has 0 spiro atoms. The molecule has 0 unspecified atom stereocenters. The van der Waals surface area contributed by atoms with Gasteiger partial charge in [-0.2, -0.15) is 5.26 Å². The van der Waals surface area contributed by atoms with Crippen LogP contribution in [-0.2, 0) is 9.59 Å². The molecule has 0 bridgehead atoms. The van der Waals surface area contributed by atoms with Crippen LogP contribution in [0.4, 0.5) is 5.69 Å². The number of carboxylic acids is 1. The van der Waals surface area contributed by atoms with Crippen LogP contribution in [0.25, 0.3) is 0 Å². The molecule has 3 N–H and O–H groups in total. The number of nitriles is 1. The molecule has 0 heterocycles. The van der Waals surface area contributed by atoms with Gasteiger partial charge in [-0.25, -0.2) is 0 Å². The molecule has 1 aromatic carbocycles. The van der Waals surface area contributed by atoms with Gasteiger partial charge in [-0.3, -0.25) is 9.59 Å². The number of halogens is 1. The van der Waals surface area contributed by atoms with E-state index in [0.29, 0.717) is 29.4 Å². The van der Waals surface area contributed by atoms with Crippen molar-refractivity contribution in [3.63, 3.8) is 0 Å². The summed E-state index contributed by atoms with van der Waals surface area (Å²) >= 11 is 5.87. The maximum absolute atomic E-state index is 12.1. The van der Waals surface area contributed by atoms with Gasteiger partial charge >= 0.3 is 5.97 Å². The number of aliphatic carboxylic acids is 1. The van der Waals surface area contributed by atoms with E-state index in [-0.39, 0.29) is 12.0 Å². The third-order valence-corrected chi connectivity index (χ3v) is 2.97. The molecular formula is C15H16ClN3O4. The van der Waals surface area contributed by atoms with E-state index < -0.39 is 11.9 Å². The van der Waals surface area contributed by atoms with Gasteiger partial charge in [0.05, 0.1) is 12.8 Å². The molecule has 0 aliphatic carbocycles. The summed E-state index contributed by atoms with van der Waals surface area (Å²) < 4.78 is 5.10. The third-order valence-electron chi connectivity index (χ3n) is 2.73. The van der Waals surface area contributed by atoms with Gasteiger partial charge in [0.1, 0.15) is 17.4 Å². The number of nitrogens with zero attached hydrogens (tertiary/aromatic N) is 1. The Morgan fingerprint density at radius 2 is 2.22 bits per heavy atom. The minimum atomic E-state index is -0.901. The average molecular weight is 338 g/mol. The summed E-state index contributed by atoms with van der Waals surface area (Å²) in [5.74, 6) is -1.12. The maximum Gasteiger partial charge on any atom is 0.303 e. The number of hydrogen-bond donors (Lipinski definition) is 3. The Kier molecular flexibility index (Phi) is 7.43. The van der Waals surface area contributed by atoms with Crippen molar-refractivity contribution < 1.29 is 19.4 Å². The summed E-state index contributed by atoms with van der Waals surface area (Å²) in [6, 6.07) is 6.49. The Morgan fingerprint density at radius 1 is 1.48 bits per heavy atom. The second kappa shape index (κ2) is 9.33. The standard InChI is InChI=1S/C15H16ClN3O4/c1-23-13-5-4-11(16)7-12(13)19-15(22)10(8-17)9-18-6-2-3-14(20)21/h4-5,7,9,18H,2-3,6H2,1H3,(H,19,22)(H,20,21)/b10-9-. The summed E-state index contributed by atoms with van der Waals surface area (Å²) in [6.45, 7) is 0.339. The number of hydrogen-bond acceptors (Lipinski definition) is 5. The highest BCUT2D eigenvalue weighted by atomic mass is 35.5. The van der Waals surface area contributed by atoms with Gasteiger partial charge < -0.3 is 20.5 Å². The first-order valence-corrected chi connectivity index (χ1v) is 7.06. The summed E-state index contributed by atoms with van der Waals surface area (Å²) in [7, 11) is 1.45. The molecule has 1 aromatic rings. The van der Waals surface area contributed by atoms with E-state index in [2.05, 4.69) is 10.6 Å². The summed E-state index contributed by atoms with van der Waals surface area (Å²) in [5.41, 5.74) is 0.194. The van der Waals surface area contributed by atoms with Gasteiger partial charge in [0.2, 0.25) is 0 Å². The van der Waals surface area contributed by atoms with E-state index in [4.69, 9.17) is 26.7 Å². The molecule has 23 heavy (non-hydrogen) atoms. The highest BCUT2D eigenvalue weighted by molar-refractivity contribution is 6.31. The van der Waals surface area contributed by atoms with Gasteiger partial charge in [0, 0.05) is 24.2 Å². The number of rotatable bonds is 8. The minimum Gasteiger partial charge on any atom is -0.495 e. The highest BCUT2D eigenvalue weighted by Crippen LogP contribution is 2.27. The first kappa shape index (κ1) is 18.3. The topological polar surface area (TPSA) is 111 Å². The first-order chi connectivity index (χ1) is 11.0.